The zero-order valence-electron chi connectivity index (χ0n) is 15.1. The monoisotopic (exact) mass is 384 g/mol. The van der Waals surface area contributed by atoms with Crippen molar-refractivity contribution >= 4 is 17.3 Å². The lowest BCUT2D eigenvalue weighted by Crippen LogP contribution is -2.45. The van der Waals surface area contributed by atoms with Crippen LogP contribution in [0.5, 0.6) is 5.75 Å². The third-order valence-electron chi connectivity index (χ3n) is 6.01. The molecule has 2 heterocycles. The summed E-state index contributed by atoms with van der Waals surface area (Å²) in [6, 6.07) is 12.6. The number of nitrogens with zero attached hydrogens (tertiary/aromatic N) is 2. The van der Waals surface area contributed by atoms with Gasteiger partial charge in [0.25, 0.3) is 0 Å². The molecule has 1 fully saturated rings. The van der Waals surface area contributed by atoms with Crippen LogP contribution in [0.3, 0.4) is 0 Å². The standard InChI is InChI=1S/C22H22ClFN2O/c23-16-8-11-21-18(12-16)20-13-19(14-6-9-17(24)10-7-14)25-26(20)22(27-21)15-4-2-1-3-5-15/h6-12,15,20,22H,1-5,13H2/t20-,22-/m0/s1. The van der Waals surface area contributed by atoms with Crippen molar-refractivity contribution in [2.24, 2.45) is 11.0 Å². The fourth-order valence-corrected chi connectivity index (χ4v) is 4.81. The van der Waals surface area contributed by atoms with Crippen molar-refractivity contribution in [2.45, 2.75) is 50.8 Å². The maximum atomic E-state index is 13.3. The summed E-state index contributed by atoms with van der Waals surface area (Å²) in [4.78, 5) is 0. The summed E-state index contributed by atoms with van der Waals surface area (Å²) >= 11 is 6.27. The van der Waals surface area contributed by atoms with Crippen LogP contribution < -0.4 is 4.74 Å². The van der Waals surface area contributed by atoms with Crippen LogP contribution in [0, 0.1) is 11.7 Å². The second kappa shape index (κ2) is 6.83. The third kappa shape index (κ3) is 3.10. The van der Waals surface area contributed by atoms with Gasteiger partial charge in [0.2, 0.25) is 0 Å². The molecule has 27 heavy (non-hydrogen) atoms. The van der Waals surface area contributed by atoms with Crippen molar-refractivity contribution in [1.82, 2.24) is 5.01 Å². The molecule has 3 aliphatic rings. The molecule has 2 aliphatic heterocycles. The lowest BCUT2D eigenvalue weighted by molar-refractivity contribution is -0.0643. The van der Waals surface area contributed by atoms with Gasteiger partial charge < -0.3 is 4.74 Å². The molecule has 0 bridgehead atoms. The molecule has 0 saturated heterocycles. The number of halogens is 2. The first kappa shape index (κ1) is 17.1. The Balaban J connectivity index is 1.53. The highest BCUT2D eigenvalue weighted by atomic mass is 35.5. The molecule has 3 nitrogen and oxygen atoms in total. The van der Waals surface area contributed by atoms with Crippen LogP contribution in [-0.2, 0) is 0 Å². The van der Waals surface area contributed by atoms with Gasteiger partial charge in [0.15, 0.2) is 6.23 Å². The average molecular weight is 385 g/mol. The van der Waals surface area contributed by atoms with Gasteiger partial charge in [-0.25, -0.2) is 9.40 Å². The minimum atomic E-state index is -0.226. The zero-order chi connectivity index (χ0) is 18.4. The molecule has 5 heteroatoms. The predicted octanol–water partition coefficient (Wildman–Crippen LogP) is 5.93. The lowest BCUT2D eigenvalue weighted by atomic mass is 9.86. The summed E-state index contributed by atoms with van der Waals surface area (Å²) in [6.45, 7) is 0. The number of hydrogen-bond acceptors (Lipinski definition) is 3. The van der Waals surface area contributed by atoms with Crippen molar-refractivity contribution in [2.75, 3.05) is 0 Å². The Morgan fingerprint density at radius 1 is 1.04 bits per heavy atom. The van der Waals surface area contributed by atoms with Gasteiger partial charge >= 0.3 is 0 Å². The van der Waals surface area contributed by atoms with Crippen molar-refractivity contribution in [3.05, 3.63) is 64.4 Å². The highest BCUT2D eigenvalue weighted by molar-refractivity contribution is 6.30. The molecule has 1 aliphatic carbocycles. The SMILES string of the molecule is Fc1ccc(C2=NN3[C@@H](C2)c2cc(Cl)ccc2O[C@H]3C2CCCCC2)cc1. The Morgan fingerprint density at radius 3 is 2.59 bits per heavy atom. The molecule has 0 N–H and O–H groups in total. The van der Waals surface area contributed by atoms with E-state index < -0.39 is 0 Å². The fraction of sp³-hybridized carbons (Fsp3) is 0.409. The number of benzene rings is 2. The summed E-state index contributed by atoms with van der Waals surface area (Å²) in [5.74, 6) is 1.18. The first-order chi connectivity index (χ1) is 13.2. The minimum Gasteiger partial charge on any atom is -0.468 e. The van der Waals surface area contributed by atoms with Crippen molar-refractivity contribution in [1.29, 1.82) is 0 Å². The predicted molar refractivity (Wildman–Crippen MR) is 105 cm³/mol. The van der Waals surface area contributed by atoms with Crippen LogP contribution in [0.1, 0.15) is 55.7 Å². The summed E-state index contributed by atoms with van der Waals surface area (Å²) in [7, 11) is 0. The third-order valence-corrected chi connectivity index (χ3v) is 6.25. The fourth-order valence-electron chi connectivity index (χ4n) is 4.63. The van der Waals surface area contributed by atoms with Crippen LogP contribution in [0.4, 0.5) is 4.39 Å². The average Bonchev–Trinajstić information content (AvgIpc) is 3.14. The molecular formula is C22H22ClFN2O. The highest BCUT2D eigenvalue weighted by Gasteiger charge is 2.43. The van der Waals surface area contributed by atoms with E-state index in [0.717, 1.165) is 29.0 Å². The molecule has 1 saturated carbocycles. The number of fused-ring (bicyclic) bond motifs is 3. The van der Waals surface area contributed by atoms with Gasteiger partial charge in [0, 0.05) is 22.9 Å². The minimum absolute atomic E-state index is 0.0399. The van der Waals surface area contributed by atoms with Gasteiger partial charge in [-0.2, -0.15) is 5.10 Å². The topological polar surface area (TPSA) is 24.8 Å². The second-order valence-corrected chi connectivity index (χ2v) is 8.18. The molecule has 0 amide bonds. The van der Waals surface area contributed by atoms with E-state index in [1.807, 2.05) is 30.3 Å². The summed E-state index contributed by atoms with van der Waals surface area (Å²) in [5, 5.41) is 7.81. The van der Waals surface area contributed by atoms with Crippen LogP contribution in [0.2, 0.25) is 5.02 Å². The van der Waals surface area contributed by atoms with E-state index in [0.29, 0.717) is 10.9 Å². The number of hydrazone groups is 1. The van der Waals surface area contributed by atoms with Crippen LogP contribution in [0.15, 0.2) is 47.6 Å². The molecule has 2 aromatic rings. The van der Waals surface area contributed by atoms with Gasteiger partial charge in [-0.15, -0.1) is 0 Å². The number of hydrogen-bond donors (Lipinski definition) is 0. The van der Waals surface area contributed by atoms with Crippen LogP contribution >= 0.6 is 11.6 Å². The molecular weight excluding hydrogens is 363 g/mol. The van der Waals surface area contributed by atoms with E-state index in [1.165, 1.54) is 44.2 Å². The van der Waals surface area contributed by atoms with Gasteiger partial charge in [0.1, 0.15) is 11.6 Å². The van der Waals surface area contributed by atoms with E-state index in [1.54, 1.807) is 0 Å². The van der Waals surface area contributed by atoms with E-state index in [9.17, 15) is 4.39 Å². The second-order valence-electron chi connectivity index (χ2n) is 7.74. The van der Waals surface area contributed by atoms with E-state index in [2.05, 4.69) is 5.01 Å². The molecule has 140 valence electrons. The molecule has 5 rings (SSSR count). The largest absolute Gasteiger partial charge is 0.468 e. The van der Waals surface area contributed by atoms with Gasteiger partial charge in [-0.1, -0.05) is 43.0 Å². The van der Waals surface area contributed by atoms with Crippen molar-refractivity contribution in [3.63, 3.8) is 0 Å². The first-order valence-corrected chi connectivity index (χ1v) is 10.1. The van der Waals surface area contributed by atoms with E-state index >= 15 is 0 Å². The van der Waals surface area contributed by atoms with Crippen LogP contribution in [-0.4, -0.2) is 16.9 Å². The van der Waals surface area contributed by atoms with Crippen LogP contribution in [0.25, 0.3) is 0 Å². The van der Waals surface area contributed by atoms with E-state index in [-0.39, 0.29) is 18.1 Å². The Labute approximate surface area is 163 Å². The van der Waals surface area contributed by atoms with Gasteiger partial charge in [0.05, 0.1) is 11.8 Å². The van der Waals surface area contributed by atoms with Gasteiger partial charge in [-0.05, 0) is 48.7 Å². The molecule has 2 atom stereocenters. The number of rotatable bonds is 2. The maximum absolute atomic E-state index is 13.3. The summed E-state index contributed by atoms with van der Waals surface area (Å²) < 4.78 is 19.8. The Kier molecular flexibility index (Phi) is 4.31. The smallest absolute Gasteiger partial charge is 0.190 e. The normalized spacial score (nSPS) is 24.8. The molecule has 2 aromatic carbocycles. The Bertz CT molecular complexity index is 876. The lowest BCUT2D eigenvalue weighted by Gasteiger charge is -2.42. The molecule has 0 radical (unpaired) electrons. The molecule has 0 unspecified atom stereocenters. The van der Waals surface area contributed by atoms with Crippen molar-refractivity contribution < 1.29 is 9.13 Å². The number of ether oxygens (including phenoxy) is 1. The summed E-state index contributed by atoms with van der Waals surface area (Å²) in [5.41, 5.74) is 3.05. The van der Waals surface area contributed by atoms with Crippen molar-refractivity contribution in [3.8, 4) is 5.75 Å². The highest BCUT2D eigenvalue weighted by Crippen LogP contribution is 2.47. The Morgan fingerprint density at radius 2 is 1.81 bits per heavy atom. The Hall–Kier alpha value is -2.07. The quantitative estimate of drug-likeness (QED) is 0.641. The zero-order valence-corrected chi connectivity index (χ0v) is 15.8. The van der Waals surface area contributed by atoms with Gasteiger partial charge in [-0.3, -0.25) is 0 Å². The molecule has 0 spiro atoms. The molecule has 0 aromatic heterocycles. The van der Waals surface area contributed by atoms with E-state index in [4.69, 9.17) is 21.4 Å². The summed E-state index contributed by atoms with van der Waals surface area (Å²) in [6.07, 6.45) is 6.92. The maximum Gasteiger partial charge on any atom is 0.190 e. The first-order valence-electron chi connectivity index (χ1n) is 9.77.